The van der Waals surface area contributed by atoms with E-state index in [9.17, 15) is 4.79 Å². The highest BCUT2D eigenvalue weighted by atomic mass is 16.1. The first kappa shape index (κ1) is 14.6. The zero-order valence-corrected chi connectivity index (χ0v) is 11.8. The molecule has 1 atom stereocenters. The fraction of sp³-hybridized carbons (Fsp3) is 0.533. The number of carbonyl (C=O) groups is 1. The van der Waals surface area contributed by atoms with Crippen molar-refractivity contribution in [2.24, 2.45) is 5.41 Å². The number of aryl methyl sites for hydroxylation is 1. The summed E-state index contributed by atoms with van der Waals surface area (Å²) in [5.74, 6) is 0.0840. The molecule has 3 N–H and O–H groups in total. The Kier molecular flexibility index (Phi) is 4.76. The van der Waals surface area contributed by atoms with Gasteiger partial charge in [-0.2, -0.15) is 0 Å². The molecule has 3 heteroatoms. The van der Waals surface area contributed by atoms with Gasteiger partial charge < -0.3 is 11.1 Å². The molecule has 0 bridgehead atoms. The van der Waals surface area contributed by atoms with Crippen molar-refractivity contribution < 1.29 is 4.79 Å². The van der Waals surface area contributed by atoms with Crippen molar-refractivity contribution in [3.8, 4) is 0 Å². The first-order valence-electron chi connectivity index (χ1n) is 6.43. The van der Waals surface area contributed by atoms with Gasteiger partial charge in [-0.3, -0.25) is 4.79 Å². The van der Waals surface area contributed by atoms with Crippen LogP contribution in [0.15, 0.2) is 24.3 Å². The number of nitrogen functional groups attached to an aromatic ring is 1. The molecule has 0 aliphatic heterocycles. The van der Waals surface area contributed by atoms with Gasteiger partial charge in [-0.1, -0.05) is 39.0 Å². The SMILES string of the molecule is CC(NC(=O)CCc1ccccc1N)C(C)(C)C. The Bertz CT molecular complexity index is 407. The highest BCUT2D eigenvalue weighted by molar-refractivity contribution is 5.76. The maximum atomic E-state index is 11.8. The predicted molar refractivity (Wildman–Crippen MR) is 76.2 cm³/mol. The molecule has 0 aliphatic rings. The summed E-state index contributed by atoms with van der Waals surface area (Å²) < 4.78 is 0. The van der Waals surface area contributed by atoms with Gasteiger partial charge in [-0.05, 0) is 30.4 Å². The third kappa shape index (κ3) is 4.40. The zero-order chi connectivity index (χ0) is 13.8. The van der Waals surface area contributed by atoms with Crippen LogP contribution in [0.4, 0.5) is 5.69 Å². The van der Waals surface area contributed by atoms with Crippen LogP contribution in [0.1, 0.15) is 39.7 Å². The molecule has 100 valence electrons. The van der Waals surface area contributed by atoms with Gasteiger partial charge in [0.15, 0.2) is 0 Å². The van der Waals surface area contributed by atoms with Crippen molar-refractivity contribution in [2.75, 3.05) is 5.73 Å². The topological polar surface area (TPSA) is 55.1 Å². The van der Waals surface area contributed by atoms with Crippen molar-refractivity contribution in [2.45, 2.75) is 46.6 Å². The van der Waals surface area contributed by atoms with Gasteiger partial charge in [0, 0.05) is 18.2 Å². The van der Waals surface area contributed by atoms with E-state index in [2.05, 4.69) is 26.1 Å². The molecule has 1 aromatic rings. The Morgan fingerprint density at radius 3 is 2.50 bits per heavy atom. The molecule has 1 aromatic carbocycles. The standard InChI is InChI=1S/C15H24N2O/c1-11(15(2,3)4)17-14(18)10-9-12-7-5-6-8-13(12)16/h5-8,11H,9-10,16H2,1-4H3,(H,17,18). The second-order valence-electron chi connectivity index (χ2n) is 5.85. The van der Waals surface area contributed by atoms with Crippen LogP contribution in [-0.2, 0) is 11.2 Å². The molecule has 18 heavy (non-hydrogen) atoms. The molecule has 1 amide bonds. The average molecular weight is 248 g/mol. The van der Waals surface area contributed by atoms with E-state index in [-0.39, 0.29) is 17.4 Å². The van der Waals surface area contributed by atoms with Gasteiger partial charge in [0.2, 0.25) is 5.91 Å². The van der Waals surface area contributed by atoms with E-state index in [1.807, 2.05) is 31.2 Å². The van der Waals surface area contributed by atoms with Crippen LogP contribution < -0.4 is 11.1 Å². The maximum Gasteiger partial charge on any atom is 0.220 e. The van der Waals surface area contributed by atoms with Crippen LogP contribution in [0.3, 0.4) is 0 Å². The molecular weight excluding hydrogens is 224 g/mol. The lowest BCUT2D eigenvalue weighted by Gasteiger charge is -2.28. The summed E-state index contributed by atoms with van der Waals surface area (Å²) >= 11 is 0. The Labute approximate surface area is 110 Å². The number of benzene rings is 1. The molecule has 0 aromatic heterocycles. The third-order valence-electron chi connectivity index (χ3n) is 3.35. The molecular formula is C15H24N2O. The summed E-state index contributed by atoms with van der Waals surface area (Å²) in [7, 11) is 0. The highest BCUT2D eigenvalue weighted by Crippen LogP contribution is 2.19. The van der Waals surface area contributed by atoms with Gasteiger partial charge in [0.1, 0.15) is 0 Å². The molecule has 3 nitrogen and oxygen atoms in total. The highest BCUT2D eigenvalue weighted by Gasteiger charge is 2.21. The summed E-state index contributed by atoms with van der Waals surface area (Å²) in [5, 5.41) is 3.03. The summed E-state index contributed by atoms with van der Waals surface area (Å²) in [6, 6.07) is 7.85. The smallest absolute Gasteiger partial charge is 0.220 e. The average Bonchev–Trinajstić information content (AvgIpc) is 2.26. The lowest BCUT2D eigenvalue weighted by atomic mass is 9.88. The number of para-hydroxylation sites is 1. The lowest BCUT2D eigenvalue weighted by Crippen LogP contribution is -2.41. The minimum absolute atomic E-state index is 0.0840. The molecule has 0 saturated heterocycles. The molecule has 1 unspecified atom stereocenters. The summed E-state index contributed by atoms with van der Waals surface area (Å²) in [6.45, 7) is 8.39. The summed E-state index contributed by atoms with van der Waals surface area (Å²) in [6.07, 6.45) is 1.17. The Hall–Kier alpha value is -1.51. The van der Waals surface area contributed by atoms with Crippen molar-refractivity contribution in [3.05, 3.63) is 29.8 Å². The van der Waals surface area contributed by atoms with Crippen molar-refractivity contribution in [1.29, 1.82) is 0 Å². The van der Waals surface area contributed by atoms with Gasteiger partial charge in [0.05, 0.1) is 0 Å². The minimum atomic E-state index is 0.0840. The normalized spacial score (nSPS) is 13.1. The van der Waals surface area contributed by atoms with E-state index in [4.69, 9.17) is 5.73 Å². The minimum Gasteiger partial charge on any atom is -0.399 e. The van der Waals surface area contributed by atoms with Gasteiger partial charge in [-0.25, -0.2) is 0 Å². The van der Waals surface area contributed by atoms with E-state index in [0.717, 1.165) is 11.3 Å². The van der Waals surface area contributed by atoms with E-state index in [1.54, 1.807) is 0 Å². The van der Waals surface area contributed by atoms with Gasteiger partial charge in [0.25, 0.3) is 0 Å². The Morgan fingerprint density at radius 2 is 1.94 bits per heavy atom. The first-order chi connectivity index (χ1) is 8.30. The Morgan fingerprint density at radius 1 is 1.33 bits per heavy atom. The van der Waals surface area contributed by atoms with Crippen LogP contribution in [0.25, 0.3) is 0 Å². The van der Waals surface area contributed by atoms with Gasteiger partial charge >= 0.3 is 0 Å². The second kappa shape index (κ2) is 5.89. The van der Waals surface area contributed by atoms with E-state index >= 15 is 0 Å². The molecule has 0 spiro atoms. The van der Waals surface area contributed by atoms with Gasteiger partial charge in [-0.15, -0.1) is 0 Å². The van der Waals surface area contributed by atoms with E-state index in [1.165, 1.54) is 0 Å². The van der Waals surface area contributed by atoms with Crippen LogP contribution in [0.2, 0.25) is 0 Å². The number of hydrogen-bond acceptors (Lipinski definition) is 2. The third-order valence-corrected chi connectivity index (χ3v) is 3.35. The van der Waals surface area contributed by atoms with Crippen molar-refractivity contribution >= 4 is 11.6 Å². The molecule has 1 rings (SSSR count). The number of rotatable bonds is 4. The number of nitrogens with one attached hydrogen (secondary N) is 1. The molecule has 0 aliphatic carbocycles. The summed E-state index contributed by atoms with van der Waals surface area (Å²) in [5.41, 5.74) is 7.73. The quantitative estimate of drug-likeness (QED) is 0.805. The number of hydrogen-bond donors (Lipinski definition) is 2. The number of carbonyl (C=O) groups excluding carboxylic acids is 1. The number of amides is 1. The molecule has 0 radical (unpaired) electrons. The van der Waals surface area contributed by atoms with Crippen LogP contribution in [0, 0.1) is 5.41 Å². The summed E-state index contributed by atoms with van der Waals surface area (Å²) in [4.78, 5) is 11.8. The molecule has 0 fully saturated rings. The fourth-order valence-electron chi connectivity index (χ4n) is 1.54. The lowest BCUT2D eigenvalue weighted by molar-refractivity contribution is -0.122. The number of nitrogens with two attached hydrogens (primary N) is 1. The maximum absolute atomic E-state index is 11.8. The number of anilines is 1. The van der Waals surface area contributed by atoms with E-state index < -0.39 is 0 Å². The largest absolute Gasteiger partial charge is 0.399 e. The monoisotopic (exact) mass is 248 g/mol. The fourth-order valence-corrected chi connectivity index (χ4v) is 1.54. The first-order valence-corrected chi connectivity index (χ1v) is 6.43. The zero-order valence-electron chi connectivity index (χ0n) is 11.8. The van der Waals surface area contributed by atoms with Crippen LogP contribution in [-0.4, -0.2) is 11.9 Å². The van der Waals surface area contributed by atoms with Crippen LogP contribution >= 0.6 is 0 Å². The predicted octanol–water partition coefficient (Wildman–Crippen LogP) is 2.75. The van der Waals surface area contributed by atoms with Crippen LogP contribution in [0.5, 0.6) is 0 Å². The van der Waals surface area contributed by atoms with Crippen molar-refractivity contribution in [3.63, 3.8) is 0 Å². The second-order valence-corrected chi connectivity index (χ2v) is 5.85. The molecule has 0 heterocycles. The van der Waals surface area contributed by atoms with E-state index in [0.29, 0.717) is 12.8 Å². The molecule has 0 saturated carbocycles. The van der Waals surface area contributed by atoms with Crippen molar-refractivity contribution in [1.82, 2.24) is 5.32 Å². The Balaban J connectivity index is 2.45.